The van der Waals surface area contributed by atoms with Gasteiger partial charge >= 0.3 is 0 Å². The Kier molecular flexibility index (Phi) is 2.64. The molecule has 4 nitrogen and oxygen atoms in total. The maximum atomic E-state index is 11.6. The third-order valence-electron chi connectivity index (χ3n) is 1.82. The molecule has 0 unspecified atom stereocenters. The molecule has 1 heterocycles. The number of amides is 1. The summed E-state index contributed by atoms with van der Waals surface area (Å²) in [7, 11) is 0. The minimum Gasteiger partial charge on any atom is -0.507 e. The number of phenols is 1. The summed E-state index contributed by atoms with van der Waals surface area (Å²) < 4.78 is 0. The predicted molar refractivity (Wildman–Crippen MR) is 58.2 cm³/mol. The number of phenolic OH excluding ortho intramolecular Hbond substituents is 1. The van der Waals surface area contributed by atoms with Crippen molar-refractivity contribution in [1.29, 1.82) is 0 Å². The van der Waals surface area contributed by atoms with Gasteiger partial charge in [-0.2, -0.15) is 0 Å². The van der Waals surface area contributed by atoms with Crippen LogP contribution in [0.25, 0.3) is 0 Å². The molecule has 0 saturated carbocycles. The van der Waals surface area contributed by atoms with Crippen LogP contribution in [0.5, 0.6) is 5.75 Å². The Morgan fingerprint density at radius 1 is 1.40 bits per heavy atom. The van der Waals surface area contributed by atoms with E-state index in [1.165, 1.54) is 17.4 Å². The van der Waals surface area contributed by atoms with Crippen LogP contribution in [0.3, 0.4) is 0 Å². The van der Waals surface area contributed by atoms with Gasteiger partial charge in [0.1, 0.15) is 10.8 Å². The van der Waals surface area contributed by atoms with E-state index in [9.17, 15) is 9.90 Å². The van der Waals surface area contributed by atoms with Crippen LogP contribution < -0.4 is 5.32 Å². The third kappa shape index (κ3) is 2.13. The molecule has 0 aliphatic carbocycles. The van der Waals surface area contributed by atoms with Gasteiger partial charge in [0.25, 0.3) is 5.91 Å². The summed E-state index contributed by atoms with van der Waals surface area (Å²) in [6.45, 7) is 0. The first-order valence-electron chi connectivity index (χ1n) is 4.25. The fourth-order valence-corrected chi connectivity index (χ4v) is 1.63. The highest BCUT2D eigenvalue weighted by Gasteiger charge is 2.10. The quantitative estimate of drug-likeness (QED) is 0.814. The lowest BCUT2D eigenvalue weighted by molar-refractivity contribution is 0.102. The summed E-state index contributed by atoms with van der Waals surface area (Å²) in [5, 5.41) is 12.7. The smallest absolute Gasteiger partial charge is 0.260 e. The zero-order valence-electron chi connectivity index (χ0n) is 7.68. The average molecular weight is 220 g/mol. The zero-order valence-corrected chi connectivity index (χ0v) is 8.49. The number of benzene rings is 1. The molecule has 0 aliphatic heterocycles. The highest BCUT2D eigenvalue weighted by atomic mass is 32.1. The highest BCUT2D eigenvalue weighted by Crippen LogP contribution is 2.19. The van der Waals surface area contributed by atoms with Crippen molar-refractivity contribution in [2.24, 2.45) is 0 Å². The molecule has 0 radical (unpaired) electrons. The molecule has 15 heavy (non-hydrogen) atoms. The number of carbonyl (C=O) groups is 1. The minimum absolute atomic E-state index is 0.0282. The van der Waals surface area contributed by atoms with Crippen molar-refractivity contribution in [1.82, 2.24) is 4.98 Å². The standard InChI is InChI=1S/C10H8N2O2S/c13-8-4-2-1-3-7(8)10(14)12-9-5-11-6-15-9/h1-6,13H,(H,12,14). The first kappa shape index (κ1) is 9.67. The lowest BCUT2D eigenvalue weighted by Crippen LogP contribution is -2.10. The van der Waals surface area contributed by atoms with Crippen LogP contribution in [0.1, 0.15) is 10.4 Å². The van der Waals surface area contributed by atoms with Crippen LogP contribution >= 0.6 is 11.3 Å². The molecular formula is C10H8N2O2S. The van der Waals surface area contributed by atoms with E-state index in [2.05, 4.69) is 10.3 Å². The lowest BCUT2D eigenvalue weighted by Gasteiger charge is -2.03. The van der Waals surface area contributed by atoms with E-state index < -0.39 is 0 Å². The molecule has 1 amide bonds. The van der Waals surface area contributed by atoms with Gasteiger partial charge in [0.05, 0.1) is 17.3 Å². The molecule has 0 spiro atoms. The molecule has 76 valence electrons. The van der Waals surface area contributed by atoms with Crippen molar-refractivity contribution in [3.8, 4) is 5.75 Å². The summed E-state index contributed by atoms with van der Waals surface area (Å²) >= 11 is 1.33. The predicted octanol–water partition coefficient (Wildman–Crippen LogP) is 2.10. The average Bonchev–Trinajstić information content (AvgIpc) is 2.71. The maximum Gasteiger partial charge on any atom is 0.260 e. The molecule has 0 fully saturated rings. The lowest BCUT2D eigenvalue weighted by atomic mass is 10.2. The Labute approximate surface area is 90.2 Å². The monoisotopic (exact) mass is 220 g/mol. The minimum atomic E-state index is -0.336. The number of nitrogens with one attached hydrogen (secondary N) is 1. The van der Waals surface area contributed by atoms with E-state index in [-0.39, 0.29) is 17.2 Å². The fourth-order valence-electron chi connectivity index (χ4n) is 1.12. The van der Waals surface area contributed by atoms with E-state index in [4.69, 9.17) is 0 Å². The summed E-state index contributed by atoms with van der Waals surface area (Å²) in [4.78, 5) is 15.5. The van der Waals surface area contributed by atoms with Gasteiger partial charge in [-0.3, -0.25) is 9.78 Å². The van der Waals surface area contributed by atoms with Crippen molar-refractivity contribution >= 4 is 22.2 Å². The molecule has 2 aromatic rings. The third-order valence-corrected chi connectivity index (χ3v) is 2.51. The van der Waals surface area contributed by atoms with Crippen molar-refractivity contribution in [2.45, 2.75) is 0 Å². The van der Waals surface area contributed by atoms with Crippen molar-refractivity contribution in [3.63, 3.8) is 0 Å². The van der Waals surface area contributed by atoms with E-state index in [1.807, 2.05) is 0 Å². The molecule has 2 rings (SSSR count). The van der Waals surface area contributed by atoms with Gasteiger partial charge in [0.2, 0.25) is 0 Å². The van der Waals surface area contributed by atoms with Crippen molar-refractivity contribution in [3.05, 3.63) is 41.5 Å². The van der Waals surface area contributed by atoms with Gasteiger partial charge in [-0.1, -0.05) is 12.1 Å². The molecule has 5 heteroatoms. The molecule has 1 aromatic carbocycles. The maximum absolute atomic E-state index is 11.6. The van der Waals surface area contributed by atoms with E-state index in [0.717, 1.165) is 0 Å². The van der Waals surface area contributed by atoms with Gasteiger partial charge in [0.15, 0.2) is 0 Å². The SMILES string of the molecule is O=C(Nc1cncs1)c1ccccc1O. The van der Waals surface area contributed by atoms with Crippen LogP contribution in [0.4, 0.5) is 5.00 Å². The van der Waals surface area contributed by atoms with Crippen LogP contribution in [0, 0.1) is 0 Å². The normalized spacial score (nSPS) is 9.87. The number of hydrogen-bond donors (Lipinski definition) is 2. The topological polar surface area (TPSA) is 62.2 Å². The molecule has 0 atom stereocenters. The van der Waals surface area contributed by atoms with E-state index >= 15 is 0 Å². The Balaban J connectivity index is 2.19. The van der Waals surface area contributed by atoms with Crippen molar-refractivity contribution in [2.75, 3.05) is 5.32 Å². The Bertz CT molecular complexity index is 468. The number of nitrogens with zero attached hydrogens (tertiary/aromatic N) is 1. The second-order valence-corrected chi connectivity index (χ2v) is 3.72. The van der Waals surface area contributed by atoms with Crippen LogP contribution in [-0.4, -0.2) is 16.0 Å². The highest BCUT2D eigenvalue weighted by molar-refractivity contribution is 7.14. The number of aromatic nitrogens is 1. The zero-order chi connectivity index (χ0) is 10.7. The first-order valence-corrected chi connectivity index (χ1v) is 5.13. The molecule has 2 N–H and O–H groups in total. The Morgan fingerprint density at radius 2 is 2.20 bits per heavy atom. The van der Waals surface area contributed by atoms with Crippen LogP contribution in [-0.2, 0) is 0 Å². The van der Waals surface area contributed by atoms with Gasteiger partial charge in [-0.05, 0) is 12.1 Å². The largest absolute Gasteiger partial charge is 0.507 e. The number of hydrogen-bond acceptors (Lipinski definition) is 4. The Hall–Kier alpha value is -1.88. The molecule has 0 aliphatic rings. The number of carbonyl (C=O) groups excluding carboxylic acids is 1. The summed E-state index contributed by atoms with van der Waals surface area (Å²) in [5.41, 5.74) is 1.88. The molecule has 0 bridgehead atoms. The fraction of sp³-hybridized carbons (Fsp3) is 0. The number of aromatic hydroxyl groups is 1. The number of anilines is 1. The van der Waals surface area contributed by atoms with Crippen LogP contribution in [0.2, 0.25) is 0 Å². The number of rotatable bonds is 2. The molecule has 1 aromatic heterocycles. The van der Waals surface area contributed by atoms with E-state index in [1.54, 1.807) is 29.9 Å². The second-order valence-electron chi connectivity index (χ2n) is 2.84. The van der Waals surface area contributed by atoms with Crippen LogP contribution in [0.15, 0.2) is 36.0 Å². The summed E-state index contributed by atoms with van der Waals surface area (Å²) in [6.07, 6.45) is 1.56. The number of para-hydroxylation sites is 1. The van der Waals surface area contributed by atoms with Gasteiger partial charge in [-0.25, -0.2) is 0 Å². The van der Waals surface area contributed by atoms with Crippen molar-refractivity contribution < 1.29 is 9.90 Å². The van der Waals surface area contributed by atoms with Gasteiger partial charge in [-0.15, -0.1) is 11.3 Å². The van der Waals surface area contributed by atoms with Gasteiger partial charge < -0.3 is 10.4 Å². The molecule has 0 saturated heterocycles. The Morgan fingerprint density at radius 3 is 2.87 bits per heavy atom. The molecular weight excluding hydrogens is 212 g/mol. The van der Waals surface area contributed by atoms with E-state index in [0.29, 0.717) is 5.00 Å². The summed E-state index contributed by atoms with van der Waals surface area (Å²) in [5.74, 6) is -0.364. The van der Waals surface area contributed by atoms with Gasteiger partial charge in [0, 0.05) is 0 Å². The number of thiazole rings is 1. The first-order chi connectivity index (χ1) is 7.27. The second kappa shape index (κ2) is 4.10. The summed E-state index contributed by atoms with van der Waals surface area (Å²) in [6, 6.07) is 6.40.